The van der Waals surface area contributed by atoms with Crippen molar-refractivity contribution in [1.82, 2.24) is 14.8 Å². The van der Waals surface area contributed by atoms with Crippen LogP contribution in [-0.2, 0) is 17.8 Å². The van der Waals surface area contributed by atoms with Gasteiger partial charge in [-0.1, -0.05) is 19.1 Å². The van der Waals surface area contributed by atoms with Gasteiger partial charge in [-0.25, -0.2) is 14.2 Å². The van der Waals surface area contributed by atoms with Gasteiger partial charge in [0.15, 0.2) is 5.82 Å². The van der Waals surface area contributed by atoms with Crippen LogP contribution in [0.25, 0.3) is 5.82 Å². The average Bonchev–Trinajstić information content (AvgIpc) is 3.14. The lowest BCUT2D eigenvalue weighted by molar-refractivity contribution is 0.0600. The Balaban J connectivity index is 1.79. The van der Waals surface area contributed by atoms with Gasteiger partial charge in [-0.05, 0) is 35.7 Å². The Kier molecular flexibility index (Phi) is 5.26. The van der Waals surface area contributed by atoms with Crippen LogP contribution < -0.4 is 4.74 Å². The summed E-state index contributed by atoms with van der Waals surface area (Å²) in [6.45, 7) is 2.09. The average molecular weight is 355 g/mol. The highest BCUT2D eigenvalue weighted by atomic mass is 19.1. The number of halogens is 1. The minimum Gasteiger partial charge on any atom is -0.473 e. The molecule has 1 aromatic carbocycles. The van der Waals surface area contributed by atoms with Gasteiger partial charge in [-0.15, -0.1) is 0 Å². The Morgan fingerprint density at radius 2 is 2.04 bits per heavy atom. The topological polar surface area (TPSA) is 66.2 Å². The second kappa shape index (κ2) is 7.77. The van der Waals surface area contributed by atoms with Gasteiger partial charge in [0.2, 0.25) is 5.88 Å². The van der Waals surface area contributed by atoms with E-state index in [1.807, 2.05) is 13.0 Å². The molecular formula is C19H18FN3O3. The Labute approximate surface area is 150 Å². The number of carbonyl (C=O) groups excluding carboxylic acids is 1. The molecule has 2 aromatic heterocycles. The monoisotopic (exact) mass is 355 g/mol. The number of ether oxygens (including phenoxy) is 2. The van der Waals surface area contributed by atoms with Crippen LogP contribution in [0.2, 0.25) is 0 Å². The summed E-state index contributed by atoms with van der Waals surface area (Å²) in [5.74, 6) is 0.143. The zero-order valence-corrected chi connectivity index (χ0v) is 14.5. The molecule has 0 N–H and O–H groups in total. The number of methoxy groups -OCH3 is 1. The molecule has 0 amide bonds. The van der Waals surface area contributed by atoms with Gasteiger partial charge >= 0.3 is 5.97 Å². The highest BCUT2D eigenvalue weighted by Crippen LogP contribution is 2.19. The predicted octanol–water partition coefficient (Wildman–Crippen LogP) is 3.33. The van der Waals surface area contributed by atoms with Crippen LogP contribution in [-0.4, -0.2) is 27.8 Å². The van der Waals surface area contributed by atoms with Crippen LogP contribution in [0.15, 0.2) is 48.8 Å². The molecule has 2 heterocycles. The molecule has 0 aliphatic carbocycles. The molecule has 0 saturated heterocycles. The summed E-state index contributed by atoms with van der Waals surface area (Å²) in [5.41, 5.74) is 1.74. The number of nitrogens with zero attached hydrogens (tertiary/aromatic N) is 3. The van der Waals surface area contributed by atoms with E-state index < -0.39 is 5.97 Å². The van der Waals surface area contributed by atoms with Crippen LogP contribution in [0.4, 0.5) is 4.39 Å². The second-order valence-electron chi connectivity index (χ2n) is 5.54. The fraction of sp³-hybridized carbons (Fsp3) is 0.211. The van der Waals surface area contributed by atoms with Crippen LogP contribution >= 0.6 is 0 Å². The summed E-state index contributed by atoms with van der Waals surface area (Å²) in [5, 5.41) is 4.17. The first-order valence-corrected chi connectivity index (χ1v) is 8.11. The van der Waals surface area contributed by atoms with E-state index in [-0.39, 0.29) is 12.4 Å². The SMILES string of the molecule is CCc1ccc(COc2ccnn2-c2cc(C(=O)OC)ccn2)cc1F. The highest BCUT2D eigenvalue weighted by molar-refractivity contribution is 5.89. The number of esters is 1. The first-order chi connectivity index (χ1) is 12.6. The van der Waals surface area contributed by atoms with Crippen molar-refractivity contribution in [3.05, 3.63) is 71.3 Å². The number of hydrogen-bond acceptors (Lipinski definition) is 5. The van der Waals surface area contributed by atoms with Gasteiger partial charge in [0.05, 0.1) is 18.9 Å². The minimum absolute atomic E-state index is 0.184. The summed E-state index contributed by atoms with van der Waals surface area (Å²) >= 11 is 0. The van der Waals surface area contributed by atoms with E-state index in [0.29, 0.717) is 34.8 Å². The molecule has 3 aromatic rings. The lowest BCUT2D eigenvalue weighted by Gasteiger charge is -2.10. The molecule has 7 heteroatoms. The Bertz CT molecular complexity index is 924. The number of aryl methyl sites for hydroxylation is 1. The van der Waals surface area contributed by atoms with Gasteiger partial charge in [-0.3, -0.25) is 0 Å². The molecule has 0 spiro atoms. The van der Waals surface area contributed by atoms with E-state index in [0.717, 1.165) is 0 Å². The third-order valence-corrected chi connectivity index (χ3v) is 3.88. The van der Waals surface area contributed by atoms with Crippen LogP contribution in [0.3, 0.4) is 0 Å². The molecule has 0 atom stereocenters. The number of carbonyl (C=O) groups is 1. The molecule has 26 heavy (non-hydrogen) atoms. The van der Waals surface area contributed by atoms with E-state index in [1.165, 1.54) is 24.1 Å². The molecule has 0 unspecified atom stereocenters. The molecular weight excluding hydrogens is 337 g/mol. The highest BCUT2D eigenvalue weighted by Gasteiger charge is 2.12. The van der Waals surface area contributed by atoms with Crippen molar-refractivity contribution in [2.45, 2.75) is 20.0 Å². The number of hydrogen-bond donors (Lipinski definition) is 0. The lowest BCUT2D eigenvalue weighted by atomic mass is 10.1. The molecule has 3 rings (SSSR count). The largest absolute Gasteiger partial charge is 0.473 e. The van der Waals surface area contributed by atoms with Crippen molar-refractivity contribution in [3.63, 3.8) is 0 Å². The number of pyridine rings is 1. The lowest BCUT2D eigenvalue weighted by Crippen LogP contribution is -2.08. The standard InChI is InChI=1S/C19H18FN3O3/c1-3-14-5-4-13(10-16(14)20)12-26-18-7-9-22-23(18)17-11-15(6-8-21-17)19(24)25-2/h4-11H,3,12H2,1-2H3. The molecule has 0 aliphatic rings. The number of aromatic nitrogens is 3. The van der Waals surface area contributed by atoms with Crippen molar-refractivity contribution in [2.75, 3.05) is 7.11 Å². The van der Waals surface area contributed by atoms with E-state index in [2.05, 4.69) is 10.1 Å². The molecule has 6 nitrogen and oxygen atoms in total. The summed E-state index contributed by atoms with van der Waals surface area (Å²) < 4.78 is 25.8. The van der Waals surface area contributed by atoms with Crippen molar-refractivity contribution in [2.24, 2.45) is 0 Å². The Hall–Kier alpha value is -3.22. The summed E-state index contributed by atoms with van der Waals surface area (Å²) in [7, 11) is 1.31. The Morgan fingerprint density at radius 3 is 2.77 bits per heavy atom. The third kappa shape index (κ3) is 3.72. The summed E-state index contributed by atoms with van der Waals surface area (Å²) in [6.07, 6.45) is 3.69. The van der Waals surface area contributed by atoms with Crippen molar-refractivity contribution >= 4 is 5.97 Å². The van der Waals surface area contributed by atoms with E-state index >= 15 is 0 Å². The second-order valence-corrected chi connectivity index (χ2v) is 5.54. The van der Waals surface area contributed by atoms with E-state index in [9.17, 15) is 9.18 Å². The maximum atomic E-state index is 13.9. The summed E-state index contributed by atoms with van der Waals surface area (Å²) in [6, 6.07) is 9.84. The molecule has 134 valence electrons. The fourth-order valence-electron chi connectivity index (χ4n) is 2.48. The van der Waals surface area contributed by atoms with Crippen LogP contribution in [0.1, 0.15) is 28.4 Å². The van der Waals surface area contributed by atoms with Crippen LogP contribution in [0.5, 0.6) is 5.88 Å². The van der Waals surface area contributed by atoms with Crippen LogP contribution in [0, 0.1) is 5.82 Å². The van der Waals surface area contributed by atoms with Gasteiger partial charge in [-0.2, -0.15) is 9.78 Å². The van der Waals surface area contributed by atoms with Gasteiger partial charge < -0.3 is 9.47 Å². The summed E-state index contributed by atoms with van der Waals surface area (Å²) in [4.78, 5) is 15.9. The smallest absolute Gasteiger partial charge is 0.338 e. The van der Waals surface area contributed by atoms with Gasteiger partial charge in [0, 0.05) is 12.3 Å². The quantitative estimate of drug-likeness (QED) is 0.635. The normalized spacial score (nSPS) is 10.6. The van der Waals surface area contributed by atoms with Crippen molar-refractivity contribution < 1.29 is 18.7 Å². The zero-order chi connectivity index (χ0) is 18.5. The predicted molar refractivity (Wildman–Crippen MR) is 92.8 cm³/mol. The molecule has 0 fully saturated rings. The van der Waals surface area contributed by atoms with Crippen molar-refractivity contribution in [1.29, 1.82) is 0 Å². The third-order valence-electron chi connectivity index (χ3n) is 3.88. The van der Waals surface area contributed by atoms with Gasteiger partial charge in [0.1, 0.15) is 12.4 Å². The first kappa shape index (κ1) is 17.6. The van der Waals surface area contributed by atoms with Gasteiger partial charge in [0.25, 0.3) is 0 Å². The number of rotatable bonds is 6. The first-order valence-electron chi connectivity index (χ1n) is 8.11. The van der Waals surface area contributed by atoms with E-state index in [1.54, 1.807) is 30.5 Å². The number of benzene rings is 1. The van der Waals surface area contributed by atoms with E-state index in [4.69, 9.17) is 9.47 Å². The molecule has 0 saturated carbocycles. The Morgan fingerprint density at radius 1 is 1.19 bits per heavy atom. The maximum absolute atomic E-state index is 13.9. The fourth-order valence-corrected chi connectivity index (χ4v) is 2.48. The molecule has 0 radical (unpaired) electrons. The van der Waals surface area contributed by atoms with Crippen molar-refractivity contribution in [3.8, 4) is 11.7 Å². The molecule has 0 bridgehead atoms. The molecule has 0 aliphatic heterocycles. The minimum atomic E-state index is -0.463. The zero-order valence-electron chi connectivity index (χ0n) is 14.5. The maximum Gasteiger partial charge on any atom is 0.338 e.